The van der Waals surface area contributed by atoms with E-state index < -0.39 is 0 Å². The number of aromatic nitrogens is 3. The maximum absolute atomic E-state index is 6.08. The second-order valence-electron chi connectivity index (χ2n) is 4.57. The summed E-state index contributed by atoms with van der Waals surface area (Å²) in [4.78, 5) is 12.1. The van der Waals surface area contributed by atoms with Crippen LogP contribution in [0.3, 0.4) is 0 Å². The first-order chi connectivity index (χ1) is 9.97. The van der Waals surface area contributed by atoms with Gasteiger partial charge in [-0.25, -0.2) is 5.84 Å². The van der Waals surface area contributed by atoms with Crippen LogP contribution >= 0.6 is 11.6 Å². The molecule has 0 unspecified atom stereocenters. The molecule has 1 aromatic heterocycles. The zero-order chi connectivity index (χ0) is 15.4. The number of anilines is 1. The third-order valence-corrected chi connectivity index (χ3v) is 2.66. The average Bonchev–Trinajstić information content (AvgIpc) is 2.42. The largest absolute Gasteiger partial charge is 0.461 e. The van der Waals surface area contributed by atoms with Gasteiger partial charge in [0.1, 0.15) is 5.75 Å². The Morgan fingerprint density at radius 1 is 1.19 bits per heavy atom. The Morgan fingerprint density at radius 3 is 2.57 bits per heavy atom. The number of benzene rings is 1. The molecule has 0 aliphatic carbocycles. The number of nitrogens with zero attached hydrogens (tertiary/aromatic N) is 3. The van der Waals surface area contributed by atoms with Gasteiger partial charge in [-0.05, 0) is 38.5 Å². The molecule has 0 spiro atoms. The van der Waals surface area contributed by atoms with Gasteiger partial charge in [-0.15, -0.1) is 4.98 Å². The summed E-state index contributed by atoms with van der Waals surface area (Å²) in [5, 5.41) is 0.453. The summed E-state index contributed by atoms with van der Waals surface area (Å²) in [6.07, 6.45) is -0.0894. The molecule has 2 aromatic rings. The lowest BCUT2D eigenvalue weighted by Crippen LogP contribution is -2.15. The van der Waals surface area contributed by atoms with Crippen LogP contribution in [0.4, 0.5) is 5.95 Å². The minimum absolute atomic E-state index is 0.0427. The van der Waals surface area contributed by atoms with E-state index in [2.05, 4.69) is 20.4 Å². The molecule has 0 aliphatic rings. The van der Waals surface area contributed by atoms with E-state index >= 15 is 0 Å². The van der Waals surface area contributed by atoms with Crippen molar-refractivity contribution in [1.82, 2.24) is 15.0 Å². The fourth-order valence-electron chi connectivity index (χ4n) is 1.50. The molecule has 0 saturated carbocycles. The molecule has 0 bridgehead atoms. The number of hydrogen-bond donors (Lipinski definition) is 2. The van der Waals surface area contributed by atoms with Crippen LogP contribution in [0.15, 0.2) is 18.2 Å². The highest BCUT2D eigenvalue weighted by molar-refractivity contribution is 6.32. The molecule has 3 N–H and O–H groups in total. The topological polar surface area (TPSA) is 95.2 Å². The third-order valence-electron chi connectivity index (χ3n) is 2.35. The number of nitrogen functional groups attached to an aromatic ring is 1. The SMILES string of the molecule is Cc1ccc(Cl)c(Oc2nc(NN)nc(OC(C)C)n2)c1. The average molecular weight is 310 g/mol. The molecular formula is C13H16ClN5O2. The normalized spacial score (nSPS) is 10.6. The number of nitrogens with two attached hydrogens (primary N) is 1. The van der Waals surface area contributed by atoms with Gasteiger partial charge in [-0.2, -0.15) is 9.97 Å². The minimum Gasteiger partial charge on any atom is -0.461 e. The fourth-order valence-corrected chi connectivity index (χ4v) is 1.65. The van der Waals surface area contributed by atoms with E-state index in [4.69, 9.17) is 26.9 Å². The number of halogens is 1. The van der Waals surface area contributed by atoms with Crippen molar-refractivity contribution in [2.24, 2.45) is 5.84 Å². The number of hydrazine groups is 1. The van der Waals surface area contributed by atoms with Crippen molar-refractivity contribution < 1.29 is 9.47 Å². The van der Waals surface area contributed by atoms with E-state index in [1.165, 1.54) is 0 Å². The zero-order valence-corrected chi connectivity index (χ0v) is 12.7. The summed E-state index contributed by atoms with van der Waals surface area (Å²) < 4.78 is 11.0. The van der Waals surface area contributed by atoms with Crippen molar-refractivity contribution in [2.45, 2.75) is 26.9 Å². The van der Waals surface area contributed by atoms with Crippen molar-refractivity contribution in [2.75, 3.05) is 5.43 Å². The molecule has 0 saturated heterocycles. The molecule has 0 atom stereocenters. The monoisotopic (exact) mass is 309 g/mol. The highest BCUT2D eigenvalue weighted by Gasteiger charge is 2.12. The van der Waals surface area contributed by atoms with Crippen LogP contribution in [0, 0.1) is 6.92 Å². The van der Waals surface area contributed by atoms with Crippen LogP contribution < -0.4 is 20.7 Å². The summed E-state index contributed by atoms with van der Waals surface area (Å²) in [6.45, 7) is 5.64. The predicted octanol–water partition coefficient (Wildman–Crippen LogP) is 2.70. The number of rotatable bonds is 5. The van der Waals surface area contributed by atoms with Gasteiger partial charge in [0.15, 0.2) is 0 Å². The Bertz CT molecular complexity index is 636. The van der Waals surface area contributed by atoms with Crippen LogP contribution in [0.2, 0.25) is 5.02 Å². The van der Waals surface area contributed by atoms with Crippen LogP contribution in [-0.4, -0.2) is 21.1 Å². The summed E-state index contributed by atoms with van der Waals surface area (Å²) in [7, 11) is 0. The van der Waals surface area contributed by atoms with Gasteiger partial charge in [-0.1, -0.05) is 17.7 Å². The van der Waals surface area contributed by atoms with Gasteiger partial charge < -0.3 is 9.47 Å². The predicted molar refractivity (Wildman–Crippen MR) is 79.7 cm³/mol. The highest BCUT2D eigenvalue weighted by Crippen LogP contribution is 2.29. The Kier molecular flexibility index (Phi) is 4.77. The number of aryl methyl sites for hydroxylation is 1. The van der Waals surface area contributed by atoms with Crippen molar-refractivity contribution >= 4 is 17.5 Å². The third kappa shape index (κ3) is 4.17. The first-order valence-electron chi connectivity index (χ1n) is 6.31. The lowest BCUT2D eigenvalue weighted by molar-refractivity contribution is 0.218. The molecular weight excluding hydrogens is 294 g/mol. The zero-order valence-electron chi connectivity index (χ0n) is 11.9. The Hall–Kier alpha value is -2.12. The van der Waals surface area contributed by atoms with Gasteiger partial charge >= 0.3 is 12.0 Å². The van der Waals surface area contributed by atoms with Crippen molar-refractivity contribution in [1.29, 1.82) is 0 Å². The van der Waals surface area contributed by atoms with Crippen LogP contribution in [0.1, 0.15) is 19.4 Å². The van der Waals surface area contributed by atoms with E-state index in [-0.39, 0.29) is 24.1 Å². The molecule has 1 heterocycles. The first-order valence-corrected chi connectivity index (χ1v) is 6.69. The lowest BCUT2D eigenvalue weighted by Gasteiger charge is -2.11. The van der Waals surface area contributed by atoms with Gasteiger partial charge in [0, 0.05) is 0 Å². The van der Waals surface area contributed by atoms with Crippen LogP contribution in [-0.2, 0) is 0 Å². The molecule has 8 heteroatoms. The van der Waals surface area contributed by atoms with Gasteiger partial charge in [0.05, 0.1) is 11.1 Å². The molecule has 0 fully saturated rings. The van der Waals surface area contributed by atoms with E-state index in [1.807, 2.05) is 26.8 Å². The summed E-state index contributed by atoms with van der Waals surface area (Å²) in [5.74, 6) is 5.91. The summed E-state index contributed by atoms with van der Waals surface area (Å²) >= 11 is 6.08. The van der Waals surface area contributed by atoms with E-state index in [0.29, 0.717) is 10.8 Å². The fraction of sp³-hybridized carbons (Fsp3) is 0.308. The van der Waals surface area contributed by atoms with E-state index in [1.54, 1.807) is 12.1 Å². The van der Waals surface area contributed by atoms with Gasteiger partial charge in [-0.3, -0.25) is 5.43 Å². The van der Waals surface area contributed by atoms with Gasteiger partial charge in [0.2, 0.25) is 5.95 Å². The molecule has 1 aromatic carbocycles. The van der Waals surface area contributed by atoms with Crippen molar-refractivity contribution in [3.05, 3.63) is 28.8 Å². The minimum atomic E-state index is -0.0894. The molecule has 2 rings (SSSR count). The van der Waals surface area contributed by atoms with Gasteiger partial charge in [0.25, 0.3) is 0 Å². The van der Waals surface area contributed by atoms with Crippen LogP contribution in [0.5, 0.6) is 17.8 Å². The molecule has 112 valence electrons. The highest BCUT2D eigenvalue weighted by atomic mass is 35.5. The summed E-state index contributed by atoms with van der Waals surface area (Å²) in [6, 6.07) is 5.56. The second kappa shape index (κ2) is 6.55. The molecule has 0 radical (unpaired) electrons. The number of ether oxygens (including phenoxy) is 2. The molecule has 7 nitrogen and oxygen atoms in total. The quantitative estimate of drug-likeness (QED) is 0.647. The van der Waals surface area contributed by atoms with Crippen molar-refractivity contribution in [3.63, 3.8) is 0 Å². The second-order valence-corrected chi connectivity index (χ2v) is 4.98. The molecule has 0 amide bonds. The lowest BCUT2D eigenvalue weighted by atomic mass is 10.2. The Balaban J connectivity index is 2.32. The molecule has 0 aliphatic heterocycles. The van der Waals surface area contributed by atoms with Crippen molar-refractivity contribution in [3.8, 4) is 17.8 Å². The number of hydrogen-bond acceptors (Lipinski definition) is 7. The Morgan fingerprint density at radius 2 is 1.90 bits per heavy atom. The van der Waals surface area contributed by atoms with E-state index in [9.17, 15) is 0 Å². The smallest absolute Gasteiger partial charge is 0.330 e. The maximum atomic E-state index is 6.08. The summed E-state index contributed by atoms with van der Waals surface area (Å²) in [5.41, 5.74) is 3.34. The molecule has 21 heavy (non-hydrogen) atoms. The number of nitrogens with one attached hydrogen (secondary N) is 1. The van der Waals surface area contributed by atoms with Crippen LogP contribution in [0.25, 0.3) is 0 Å². The maximum Gasteiger partial charge on any atom is 0.330 e. The van der Waals surface area contributed by atoms with E-state index in [0.717, 1.165) is 5.56 Å². The standard InChI is InChI=1S/C13H16ClN5O2/c1-7(2)20-12-16-11(19-15)17-13(18-12)21-10-6-8(3)4-5-9(10)14/h4-7H,15H2,1-3H3,(H,16,17,18,19). The Labute approximate surface area is 127 Å². The first kappa shape index (κ1) is 15.3.